The molecule has 4 N–H and O–H groups in total. The molecule has 0 spiro atoms. The van der Waals surface area contributed by atoms with Crippen LogP contribution in [-0.2, 0) is 13.8 Å². The van der Waals surface area contributed by atoms with Crippen molar-refractivity contribution in [2.75, 3.05) is 6.61 Å². The summed E-state index contributed by atoms with van der Waals surface area (Å²) in [5, 5.41) is 23.1. The SMILES string of the molecule is NC(=O)c1ncn([C@@H]2O[C@H](COP(=O)([O-])[O-])[C@@H](O)[C@H]2O)n1.[Li+].[Li+]. The van der Waals surface area contributed by atoms with E-state index in [4.69, 9.17) is 10.5 Å². The Balaban J connectivity index is 0.00000242. The van der Waals surface area contributed by atoms with Gasteiger partial charge in [0.05, 0.1) is 14.4 Å². The van der Waals surface area contributed by atoms with E-state index >= 15 is 0 Å². The van der Waals surface area contributed by atoms with Gasteiger partial charge in [-0.2, -0.15) is 0 Å². The third kappa shape index (κ3) is 5.67. The second-order valence-electron chi connectivity index (χ2n) is 4.20. The zero-order valence-electron chi connectivity index (χ0n) is 12.3. The summed E-state index contributed by atoms with van der Waals surface area (Å²) in [6.45, 7) is -0.767. The van der Waals surface area contributed by atoms with Crippen molar-refractivity contribution in [1.29, 1.82) is 0 Å². The Kier molecular flexibility index (Phi) is 8.68. The van der Waals surface area contributed by atoms with Crippen LogP contribution in [-0.4, -0.2) is 55.8 Å². The molecular formula is C8H11Li2N4O8P. The van der Waals surface area contributed by atoms with Crippen LogP contribution in [0, 0.1) is 0 Å². The van der Waals surface area contributed by atoms with Gasteiger partial charge in [-0.25, -0.2) is 9.67 Å². The largest absolute Gasteiger partial charge is 1.00 e. The molecular weight excluding hydrogens is 325 g/mol. The first kappa shape index (κ1) is 22.8. The molecule has 118 valence electrons. The minimum atomic E-state index is -5.23. The molecule has 0 saturated carbocycles. The van der Waals surface area contributed by atoms with Gasteiger partial charge in [0.15, 0.2) is 6.23 Å². The van der Waals surface area contributed by atoms with Crippen LogP contribution in [0.5, 0.6) is 0 Å². The molecule has 1 saturated heterocycles. The molecule has 1 aliphatic rings. The number of carbonyl (C=O) groups is 1. The van der Waals surface area contributed by atoms with Crippen LogP contribution in [0.4, 0.5) is 0 Å². The maximum atomic E-state index is 10.9. The van der Waals surface area contributed by atoms with Gasteiger partial charge in [0.25, 0.3) is 5.91 Å². The molecule has 1 aromatic heterocycles. The summed E-state index contributed by atoms with van der Waals surface area (Å²) in [5.74, 6) is -1.23. The number of ether oxygens (including phenoxy) is 1. The molecule has 1 amide bonds. The summed E-state index contributed by atoms with van der Waals surface area (Å²) in [4.78, 5) is 35.2. The van der Waals surface area contributed by atoms with Crippen LogP contribution in [0.1, 0.15) is 16.8 Å². The second-order valence-corrected chi connectivity index (χ2v) is 5.35. The number of rotatable bonds is 5. The third-order valence-electron chi connectivity index (χ3n) is 2.72. The normalized spacial score (nSPS) is 27.1. The number of phosphoric acid groups is 1. The van der Waals surface area contributed by atoms with E-state index in [0.29, 0.717) is 0 Å². The number of aliphatic hydroxyl groups is 2. The van der Waals surface area contributed by atoms with Gasteiger partial charge in [-0.05, 0) is 0 Å². The van der Waals surface area contributed by atoms with Crippen molar-refractivity contribution < 1.29 is 76.3 Å². The molecule has 23 heavy (non-hydrogen) atoms. The Labute approximate surface area is 153 Å². The monoisotopic (exact) mass is 336 g/mol. The van der Waals surface area contributed by atoms with Gasteiger partial charge in [-0.1, -0.05) is 0 Å². The van der Waals surface area contributed by atoms with Crippen molar-refractivity contribution in [2.24, 2.45) is 5.73 Å². The van der Waals surface area contributed by atoms with Crippen LogP contribution in [0.15, 0.2) is 6.33 Å². The van der Waals surface area contributed by atoms with Gasteiger partial charge in [-0.3, -0.25) is 4.79 Å². The Bertz CT molecular complexity index is 582. The van der Waals surface area contributed by atoms with Crippen LogP contribution in [0.25, 0.3) is 0 Å². The summed E-state index contributed by atoms with van der Waals surface area (Å²) < 4.78 is 20.4. The molecule has 4 atom stereocenters. The molecule has 1 aromatic rings. The number of nitrogens with two attached hydrogens (primary N) is 1. The van der Waals surface area contributed by atoms with E-state index in [9.17, 15) is 29.4 Å². The van der Waals surface area contributed by atoms with Crippen molar-refractivity contribution in [3.8, 4) is 0 Å². The number of aliphatic hydroxyl groups excluding tert-OH is 2. The van der Waals surface area contributed by atoms with Crippen molar-refractivity contribution in [1.82, 2.24) is 14.8 Å². The summed E-state index contributed by atoms with van der Waals surface area (Å²) in [7, 11) is -5.23. The van der Waals surface area contributed by atoms with Gasteiger partial charge < -0.3 is 39.6 Å². The Morgan fingerprint density at radius 3 is 2.52 bits per heavy atom. The van der Waals surface area contributed by atoms with Crippen molar-refractivity contribution in [3.05, 3.63) is 12.2 Å². The number of carbonyl (C=O) groups excluding carboxylic acids is 1. The molecule has 1 fully saturated rings. The summed E-state index contributed by atoms with van der Waals surface area (Å²) in [6.07, 6.45) is -4.51. The van der Waals surface area contributed by atoms with E-state index in [1.165, 1.54) is 0 Å². The van der Waals surface area contributed by atoms with Crippen molar-refractivity contribution in [2.45, 2.75) is 24.5 Å². The van der Waals surface area contributed by atoms with Gasteiger partial charge in [0.1, 0.15) is 24.6 Å². The molecule has 0 unspecified atom stereocenters. The van der Waals surface area contributed by atoms with E-state index in [-0.39, 0.29) is 43.5 Å². The van der Waals surface area contributed by atoms with E-state index in [1.807, 2.05) is 0 Å². The Hall–Kier alpha value is -0.205. The van der Waals surface area contributed by atoms with Crippen LogP contribution in [0.3, 0.4) is 0 Å². The zero-order valence-corrected chi connectivity index (χ0v) is 13.2. The number of hydrogen-bond acceptors (Lipinski definition) is 10. The molecule has 2 heterocycles. The number of nitrogens with zero attached hydrogens (tertiary/aromatic N) is 3. The van der Waals surface area contributed by atoms with Crippen molar-refractivity contribution >= 4 is 13.7 Å². The van der Waals surface area contributed by atoms with Crippen molar-refractivity contribution in [3.63, 3.8) is 0 Å². The molecule has 0 radical (unpaired) electrons. The predicted octanol–water partition coefficient (Wildman–Crippen LogP) is -10.2. The smallest absolute Gasteiger partial charge is 0.790 e. The average molecular weight is 336 g/mol. The molecule has 12 nitrogen and oxygen atoms in total. The fraction of sp³-hybridized carbons (Fsp3) is 0.625. The molecule has 0 aromatic carbocycles. The number of primary amides is 1. The Morgan fingerprint density at radius 1 is 1.43 bits per heavy atom. The van der Waals surface area contributed by atoms with E-state index in [1.54, 1.807) is 0 Å². The first-order valence-corrected chi connectivity index (χ1v) is 7.04. The Morgan fingerprint density at radius 2 is 2.04 bits per heavy atom. The number of hydrogen-bond donors (Lipinski definition) is 3. The minimum Gasteiger partial charge on any atom is -0.790 e. The topological polar surface area (TPSA) is 196 Å². The molecule has 1 aliphatic heterocycles. The number of amides is 1. The van der Waals surface area contributed by atoms with Crippen LogP contribution >= 0.6 is 7.82 Å². The van der Waals surface area contributed by atoms with Gasteiger partial charge in [0.2, 0.25) is 5.82 Å². The maximum absolute atomic E-state index is 10.9. The molecule has 15 heteroatoms. The standard InChI is InChI=1S/C8H13N4O8P.2Li/c9-6(15)7-10-2-12(11-7)8-5(14)4(13)3(20-8)1-19-21(16,17)18;;/h2-5,8,13-14H,1H2,(H2,9,15)(H2,16,17,18);;/q;2*+1/p-2/t3-,4-,5-,8-;;/m1../s1. The summed E-state index contributed by atoms with van der Waals surface area (Å²) >= 11 is 0. The number of phosphoric ester groups is 1. The second kappa shape index (κ2) is 8.76. The van der Waals surface area contributed by atoms with Crippen LogP contribution in [0.2, 0.25) is 0 Å². The van der Waals surface area contributed by atoms with Crippen LogP contribution < -0.4 is 53.2 Å². The van der Waals surface area contributed by atoms with Gasteiger partial charge in [0, 0.05) is 0 Å². The van der Waals surface area contributed by atoms with E-state index in [2.05, 4.69) is 14.6 Å². The summed E-state index contributed by atoms with van der Waals surface area (Å²) in [5.41, 5.74) is 4.96. The summed E-state index contributed by atoms with van der Waals surface area (Å²) in [6, 6.07) is 0. The number of aromatic nitrogens is 3. The average Bonchev–Trinajstić information content (AvgIpc) is 2.94. The first-order valence-electron chi connectivity index (χ1n) is 5.58. The fourth-order valence-electron chi connectivity index (χ4n) is 1.76. The predicted molar refractivity (Wildman–Crippen MR) is 58.0 cm³/mol. The first-order chi connectivity index (χ1) is 9.69. The van der Waals surface area contributed by atoms with E-state index < -0.39 is 44.9 Å². The quantitative estimate of drug-likeness (QED) is 0.343. The van der Waals surface area contributed by atoms with Gasteiger partial charge in [-0.15, -0.1) is 5.10 Å². The van der Waals surface area contributed by atoms with E-state index in [0.717, 1.165) is 11.0 Å². The minimum absolute atomic E-state index is 0. The fourth-order valence-corrected chi connectivity index (χ4v) is 2.09. The maximum Gasteiger partial charge on any atom is 1.00 e. The molecule has 2 rings (SSSR count). The molecule has 0 aliphatic carbocycles. The molecule has 0 bridgehead atoms. The zero-order chi connectivity index (χ0) is 15.8. The third-order valence-corrected chi connectivity index (χ3v) is 3.19. The van der Waals surface area contributed by atoms with Gasteiger partial charge >= 0.3 is 37.7 Å².